The third-order valence-electron chi connectivity index (χ3n) is 2.52. The minimum atomic E-state index is -2.72. The number of hydrogen-bond donors (Lipinski definition) is 1. The number of imidazole rings is 1. The van der Waals surface area contributed by atoms with Crippen molar-refractivity contribution in [1.29, 1.82) is 21.0 Å². The van der Waals surface area contributed by atoms with E-state index in [1.165, 1.54) is 49.0 Å². The number of aromatic nitrogens is 2. The molecule has 1 N–H and O–H groups in total. The normalized spacial score (nSPS) is 8.95. The molecular formula is C12H15BN6. The average Bonchev–Trinajstić information content (AvgIpc) is 2.86. The van der Waals surface area contributed by atoms with Crippen LogP contribution in [0.3, 0.4) is 0 Å². The highest BCUT2D eigenvalue weighted by Gasteiger charge is 2.22. The van der Waals surface area contributed by atoms with E-state index in [1.807, 2.05) is 12.4 Å². The number of nitriles is 4. The minimum absolute atomic E-state index is 1.17. The fourth-order valence-corrected chi connectivity index (χ4v) is 1.20. The Hall–Kier alpha value is -2.77. The monoisotopic (exact) mass is 254 g/mol. The fraction of sp³-hybridized carbons (Fsp3) is 0.417. The largest absolute Gasteiger partial charge is 0.383 e. The Morgan fingerprint density at radius 3 is 1.95 bits per heavy atom. The van der Waals surface area contributed by atoms with Gasteiger partial charge in [-0.15, -0.1) is 23.9 Å². The Morgan fingerprint density at radius 1 is 1.16 bits per heavy atom. The molecule has 0 spiro atoms. The number of aryl methyl sites for hydroxylation is 2. The van der Waals surface area contributed by atoms with Gasteiger partial charge in [0.25, 0.3) is 5.82 Å². The molecule has 0 aliphatic rings. The maximum atomic E-state index is 8.09. The summed E-state index contributed by atoms with van der Waals surface area (Å²) in [6, 6.07) is 0. The molecule has 7 heteroatoms. The first-order valence-electron chi connectivity index (χ1n) is 5.91. The summed E-state index contributed by atoms with van der Waals surface area (Å²) in [5.74, 6) is 6.70. The maximum Gasteiger partial charge on any atom is 0.383 e. The highest BCUT2D eigenvalue weighted by Crippen LogP contribution is 1.95. The van der Waals surface area contributed by atoms with Crippen molar-refractivity contribution < 1.29 is 4.57 Å². The van der Waals surface area contributed by atoms with Crippen LogP contribution in [0.2, 0.25) is 0 Å². The Kier molecular flexibility index (Phi) is 7.13. The van der Waals surface area contributed by atoms with E-state index in [0.717, 1.165) is 0 Å². The average molecular weight is 254 g/mol. The first-order valence-corrected chi connectivity index (χ1v) is 5.91. The molecule has 0 aromatic carbocycles. The van der Waals surface area contributed by atoms with Gasteiger partial charge in [-0.25, -0.2) is 30.6 Å². The summed E-state index contributed by atoms with van der Waals surface area (Å²) in [4.78, 5) is 3.20. The number of H-pyrrole nitrogens is 1. The lowest BCUT2D eigenvalue weighted by Crippen LogP contribution is -2.30. The van der Waals surface area contributed by atoms with Crippen molar-refractivity contribution in [3.8, 4) is 23.9 Å². The zero-order valence-corrected chi connectivity index (χ0v) is 11.1. The summed E-state index contributed by atoms with van der Waals surface area (Å²) in [6.45, 7) is 2.21. The molecule has 1 aromatic heterocycles. The van der Waals surface area contributed by atoms with Gasteiger partial charge in [-0.1, -0.05) is 13.3 Å². The smallest absolute Gasteiger partial charge is 0.248 e. The molecule has 0 unspecified atom stereocenters. The first-order chi connectivity index (χ1) is 9.09. The second kappa shape index (κ2) is 8.34. The minimum Gasteiger partial charge on any atom is -0.248 e. The van der Waals surface area contributed by atoms with Gasteiger partial charge >= 0.3 is 6.15 Å². The third-order valence-corrected chi connectivity index (χ3v) is 2.52. The van der Waals surface area contributed by atoms with Crippen LogP contribution >= 0.6 is 0 Å². The van der Waals surface area contributed by atoms with Gasteiger partial charge in [0.15, 0.2) is 0 Å². The summed E-state index contributed by atoms with van der Waals surface area (Å²) in [5.41, 5.74) is 0. The van der Waals surface area contributed by atoms with E-state index in [1.54, 1.807) is 0 Å². The van der Waals surface area contributed by atoms with Crippen LogP contribution in [0.25, 0.3) is 0 Å². The molecule has 0 amide bonds. The van der Waals surface area contributed by atoms with Crippen molar-refractivity contribution in [1.82, 2.24) is 4.98 Å². The number of nitrogens with zero attached hydrogens (tertiary/aromatic N) is 5. The third kappa shape index (κ3) is 4.94. The van der Waals surface area contributed by atoms with Crippen LogP contribution in [-0.4, -0.2) is 11.1 Å². The van der Waals surface area contributed by atoms with Crippen molar-refractivity contribution >= 4 is 6.15 Å². The molecule has 19 heavy (non-hydrogen) atoms. The highest BCUT2D eigenvalue weighted by molar-refractivity contribution is 7.05. The second-order valence-corrected chi connectivity index (χ2v) is 4.00. The predicted molar refractivity (Wildman–Crippen MR) is 68.8 cm³/mol. The van der Waals surface area contributed by atoms with Crippen LogP contribution in [0.4, 0.5) is 0 Å². The quantitative estimate of drug-likeness (QED) is 0.636. The highest BCUT2D eigenvalue weighted by atomic mass is 15.0. The molecule has 0 aliphatic carbocycles. The Balaban J connectivity index is 0.000000344. The van der Waals surface area contributed by atoms with Crippen LogP contribution < -0.4 is 4.57 Å². The molecule has 0 bridgehead atoms. The van der Waals surface area contributed by atoms with Gasteiger partial charge in [0.1, 0.15) is 12.4 Å². The molecule has 1 rings (SSSR count). The summed E-state index contributed by atoms with van der Waals surface area (Å²) in [5, 5.41) is 32.3. The Morgan fingerprint density at radius 2 is 1.68 bits per heavy atom. The van der Waals surface area contributed by atoms with Gasteiger partial charge in [0.2, 0.25) is 0 Å². The molecule has 0 saturated heterocycles. The second-order valence-electron chi connectivity index (χ2n) is 4.00. The molecule has 96 valence electrons. The van der Waals surface area contributed by atoms with Crippen molar-refractivity contribution in [3.05, 3.63) is 18.2 Å². The Bertz CT molecular complexity index is 501. The maximum absolute atomic E-state index is 8.09. The van der Waals surface area contributed by atoms with Gasteiger partial charge in [0, 0.05) is 6.42 Å². The van der Waals surface area contributed by atoms with Crippen molar-refractivity contribution in [2.24, 2.45) is 7.05 Å². The lowest BCUT2D eigenvalue weighted by molar-refractivity contribution is -0.677. The molecule has 0 radical (unpaired) electrons. The van der Waals surface area contributed by atoms with E-state index in [0.29, 0.717) is 0 Å². The zero-order valence-electron chi connectivity index (χ0n) is 11.1. The van der Waals surface area contributed by atoms with E-state index in [2.05, 4.69) is 23.5 Å². The number of aromatic amines is 1. The van der Waals surface area contributed by atoms with Crippen molar-refractivity contribution in [2.75, 3.05) is 0 Å². The molecule has 0 fully saturated rings. The van der Waals surface area contributed by atoms with Crippen LogP contribution in [0, 0.1) is 44.9 Å². The number of unbranched alkanes of at least 4 members (excludes halogenated alkanes) is 1. The SMILES string of the molecule is CCCCc1[nH]cc[n+]1C.N#C[B-](C#N)(C#N)C#N. The van der Waals surface area contributed by atoms with Crippen LogP contribution in [0.5, 0.6) is 0 Å². The Labute approximate surface area is 113 Å². The van der Waals surface area contributed by atoms with Crippen molar-refractivity contribution in [3.63, 3.8) is 0 Å². The molecular weight excluding hydrogens is 239 g/mol. The molecule has 1 aromatic rings. The molecule has 0 atom stereocenters. The molecule has 6 nitrogen and oxygen atoms in total. The van der Waals surface area contributed by atoms with E-state index in [9.17, 15) is 0 Å². The summed E-state index contributed by atoms with van der Waals surface area (Å²) in [6.07, 6.45) is 5.00. The first kappa shape index (κ1) is 16.2. The van der Waals surface area contributed by atoms with Crippen LogP contribution in [0.15, 0.2) is 12.4 Å². The van der Waals surface area contributed by atoms with Gasteiger partial charge in [-0.2, -0.15) is 0 Å². The summed E-state index contributed by atoms with van der Waals surface area (Å²) < 4.78 is 2.13. The topological polar surface area (TPSA) is 115 Å². The van der Waals surface area contributed by atoms with Gasteiger partial charge in [-0.3, -0.25) is 0 Å². The lowest BCUT2D eigenvalue weighted by Gasteiger charge is -1.98. The van der Waals surface area contributed by atoms with Crippen LogP contribution in [-0.2, 0) is 13.5 Å². The van der Waals surface area contributed by atoms with Crippen molar-refractivity contribution in [2.45, 2.75) is 26.2 Å². The fourth-order valence-electron chi connectivity index (χ4n) is 1.20. The number of nitrogens with one attached hydrogen (secondary N) is 1. The standard InChI is InChI=1S/C8H14N2.C4BN4/c1-3-4-5-8-9-6-7-10(8)2;6-1-5(2-7,3-8)4-9/h6-7H,3-5H2,1-2H3;/q;-1/p+1. The zero-order chi connectivity index (χ0) is 14.7. The summed E-state index contributed by atoms with van der Waals surface area (Å²) in [7, 11) is 2.07. The van der Waals surface area contributed by atoms with Crippen LogP contribution in [0.1, 0.15) is 25.6 Å². The van der Waals surface area contributed by atoms with E-state index in [4.69, 9.17) is 21.0 Å². The van der Waals surface area contributed by atoms with E-state index >= 15 is 0 Å². The number of hydrogen-bond acceptors (Lipinski definition) is 4. The van der Waals surface area contributed by atoms with E-state index < -0.39 is 6.15 Å². The molecule has 0 aliphatic heterocycles. The summed E-state index contributed by atoms with van der Waals surface area (Å²) >= 11 is 0. The number of rotatable bonds is 3. The molecule has 0 saturated carbocycles. The van der Waals surface area contributed by atoms with Gasteiger partial charge < -0.3 is 0 Å². The van der Waals surface area contributed by atoms with Gasteiger partial charge in [-0.05, 0) is 6.42 Å². The lowest BCUT2D eigenvalue weighted by atomic mass is 9.30. The molecule has 1 heterocycles. The van der Waals surface area contributed by atoms with Gasteiger partial charge in [0.05, 0.1) is 7.05 Å². The van der Waals surface area contributed by atoms with E-state index in [-0.39, 0.29) is 0 Å². The predicted octanol–water partition coefficient (Wildman–Crippen LogP) is 0.868.